The van der Waals surface area contributed by atoms with Crippen molar-refractivity contribution in [1.29, 1.82) is 5.26 Å². The van der Waals surface area contributed by atoms with Crippen molar-refractivity contribution in [2.45, 2.75) is 31.0 Å². The van der Waals surface area contributed by atoms with Crippen LogP contribution in [-0.4, -0.2) is 29.4 Å². The average Bonchev–Trinajstić information content (AvgIpc) is 3.01. The molecule has 1 spiro atoms. The van der Waals surface area contributed by atoms with Crippen LogP contribution in [0.1, 0.15) is 47.6 Å². The van der Waals surface area contributed by atoms with Crippen molar-refractivity contribution in [3.05, 3.63) is 58.9 Å². The van der Waals surface area contributed by atoms with Gasteiger partial charge in [-0.3, -0.25) is 14.5 Å². The molecule has 0 aromatic heterocycles. The average molecular weight is 481 g/mol. The fraction of sp³-hybridized carbons (Fsp3) is 0.273. The molecule has 1 aliphatic heterocycles. The normalized spacial score (nSPS) is 19.8. The fourth-order valence-electron chi connectivity index (χ4n) is 3.94. The number of carbonyl (C=O) groups is 2. The van der Waals surface area contributed by atoms with Crippen molar-refractivity contribution in [2.24, 2.45) is 0 Å². The van der Waals surface area contributed by atoms with E-state index in [-0.39, 0.29) is 18.4 Å². The van der Waals surface area contributed by atoms with Crippen LogP contribution in [0.15, 0.2) is 36.4 Å². The highest BCUT2D eigenvalue weighted by Crippen LogP contribution is 2.49. The molecule has 2 aromatic rings. The first-order chi connectivity index (χ1) is 17.5. The minimum atomic E-state index is -4.98. The SMILES string of the molecule is [2H]c1cc(C(=O)NC([2H])([2H])[2H])c(F)c([2H])c1N1C(=S)N(c2ccc(C#N)cc2C(F)(F)F)C(=O)C12CCC2. The van der Waals surface area contributed by atoms with Gasteiger partial charge in [-0.1, -0.05) is 0 Å². The van der Waals surface area contributed by atoms with Gasteiger partial charge in [-0.05, 0) is 67.8 Å². The molecule has 2 fully saturated rings. The number of nitrogens with zero attached hydrogens (tertiary/aromatic N) is 3. The Kier molecular flexibility index (Phi) is 4.03. The maximum atomic E-state index is 15.2. The molecule has 2 aliphatic rings. The van der Waals surface area contributed by atoms with Gasteiger partial charge in [0.1, 0.15) is 11.4 Å². The van der Waals surface area contributed by atoms with Gasteiger partial charge in [-0.15, -0.1) is 0 Å². The maximum Gasteiger partial charge on any atom is 0.418 e. The number of benzene rings is 2. The van der Waals surface area contributed by atoms with E-state index in [1.807, 2.05) is 0 Å². The first-order valence-corrected chi connectivity index (χ1v) is 9.86. The lowest BCUT2D eigenvalue weighted by atomic mass is 9.75. The van der Waals surface area contributed by atoms with Crippen molar-refractivity contribution < 1.29 is 34.0 Å². The van der Waals surface area contributed by atoms with Gasteiger partial charge >= 0.3 is 6.18 Å². The van der Waals surface area contributed by atoms with Gasteiger partial charge in [-0.2, -0.15) is 18.4 Å². The van der Waals surface area contributed by atoms with Gasteiger partial charge in [-0.25, -0.2) is 4.39 Å². The molecule has 170 valence electrons. The monoisotopic (exact) mass is 481 g/mol. The number of rotatable bonds is 3. The number of nitrogens with one attached hydrogen (secondary N) is 1. The third-order valence-corrected chi connectivity index (χ3v) is 6.03. The summed E-state index contributed by atoms with van der Waals surface area (Å²) in [5.41, 5.74) is -5.38. The highest BCUT2D eigenvalue weighted by Gasteiger charge is 2.60. The highest BCUT2D eigenvalue weighted by atomic mass is 32.1. The Bertz CT molecular complexity index is 1440. The van der Waals surface area contributed by atoms with Crippen molar-refractivity contribution in [3.8, 4) is 6.07 Å². The largest absolute Gasteiger partial charge is 0.418 e. The Morgan fingerprint density at radius 2 is 2.09 bits per heavy atom. The molecule has 1 saturated carbocycles. The lowest BCUT2D eigenvalue weighted by Gasteiger charge is -2.43. The number of alkyl halides is 3. The van der Waals surface area contributed by atoms with E-state index in [0.29, 0.717) is 23.5 Å². The van der Waals surface area contributed by atoms with E-state index in [1.54, 1.807) is 11.4 Å². The van der Waals surface area contributed by atoms with Gasteiger partial charge < -0.3 is 10.2 Å². The summed E-state index contributed by atoms with van der Waals surface area (Å²) in [7, 11) is 0. The minimum Gasteiger partial charge on any atom is -0.355 e. The molecule has 2 amide bonds. The van der Waals surface area contributed by atoms with E-state index in [2.05, 4.69) is 0 Å². The number of amides is 2. The smallest absolute Gasteiger partial charge is 0.355 e. The topological polar surface area (TPSA) is 76.4 Å². The van der Waals surface area contributed by atoms with E-state index in [1.165, 1.54) is 0 Å². The molecule has 1 heterocycles. The summed E-state index contributed by atoms with van der Waals surface area (Å²) >= 11 is 5.37. The predicted octanol–water partition coefficient (Wildman–Crippen LogP) is 4.14. The predicted molar refractivity (Wildman–Crippen MR) is 115 cm³/mol. The van der Waals surface area contributed by atoms with Crippen LogP contribution in [0.2, 0.25) is 0 Å². The molecule has 0 unspecified atom stereocenters. The number of hydrogen-bond acceptors (Lipinski definition) is 4. The van der Waals surface area contributed by atoms with Crippen molar-refractivity contribution in [1.82, 2.24) is 5.32 Å². The zero-order chi connectivity index (χ0) is 28.4. The van der Waals surface area contributed by atoms with Gasteiger partial charge in [0, 0.05) is 16.8 Å². The van der Waals surface area contributed by atoms with Crippen LogP contribution < -0.4 is 15.1 Å². The summed E-state index contributed by atoms with van der Waals surface area (Å²) in [4.78, 5) is 27.4. The van der Waals surface area contributed by atoms with Crippen LogP contribution in [0.3, 0.4) is 0 Å². The molecule has 0 radical (unpaired) electrons. The van der Waals surface area contributed by atoms with Crippen LogP contribution >= 0.6 is 12.2 Å². The zero-order valence-electron chi connectivity index (χ0n) is 21.5. The van der Waals surface area contributed by atoms with Crippen LogP contribution in [0.5, 0.6) is 0 Å². The molecule has 1 aliphatic carbocycles. The number of hydrogen-bond donors (Lipinski definition) is 1. The molecule has 0 bridgehead atoms. The molecule has 11 heteroatoms. The standard InChI is InChI=1S/C22H16F4N4O2S/c1-28-18(31)14-5-4-13(10-16(14)23)30-20(33)29(19(32)21(30)7-2-8-21)17-6-3-12(11-27)9-15(17)22(24,25)26/h3-6,9-10H,2,7-8H2,1H3,(H,28,31)/i1D3,4D,10D. The van der Waals surface area contributed by atoms with Crippen LogP contribution in [0, 0.1) is 17.1 Å². The molecule has 4 rings (SSSR count). The molecule has 33 heavy (non-hydrogen) atoms. The first-order valence-electron chi connectivity index (χ1n) is 12.0. The third-order valence-electron chi connectivity index (χ3n) is 5.66. The maximum absolute atomic E-state index is 15.2. The number of thiocarbonyl (C=S) groups is 1. The second-order valence-electron chi connectivity index (χ2n) is 7.43. The van der Waals surface area contributed by atoms with E-state index in [4.69, 9.17) is 24.3 Å². The lowest BCUT2D eigenvalue weighted by Crippen LogP contribution is -2.55. The second kappa shape index (κ2) is 7.81. The highest BCUT2D eigenvalue weighted by molar-refractivity contribution is 7.81. The van der Waals surface area contributed by atoms with Gasteiger partial charge in [0.15, 0.2) is 5.11 Å². The number of carbonyl (C=O) groups excluding carboxylic acids is 2. The third kappa shape index (κ3) is 3.41. The number of anilines is 2. The molecule has 6 nitrogen and oxygen atoms in total. The molecule has 1 N–H and O–H groups in total. The van der Waals surface area contributed by atoms with Crippen LogP contribution in [0.4, 0.5) is 28.9 Å². The second-order valence-corrected chi connectivity index (χ2v) is 7.79. The Hall–Kier alpha value is -3.52. The van der Waals surface area contributed by atoms with Crippen LogP contribution in [0.25, 0.3) is 0 Å². The Balaban J connectivity index is 1.88. The van der Waals surface area contributed by atoms with E-state index < -0.39 is 76.0 Å². The zero-order valence-corrected chi connectivity index (χ0v) is 17.3. The fourth-order valence-corrected chi connectivity index (χ4v) is 4.38. The van der Waals surface area contributed by atoms with Crippen LogP contribution in [-0.2, 0) is 11.0 Å². The summed E-state index contributed by atoms with van der Waals surface area (Å²) in [6, 6.07) is 3.06. The quantitative estimate of drug-likeness (QED) is 0.527. The minimum absolute atomic E-state index is 0.0713. The Morgan fingerprint density at radius 1 is 1.36 bits per heavy atom. The number of halogens is 4. The summed E-state index contributed by atoms with van der Waals surface area (Å²) in [6.45, 7) is -2.98. The van der Waals surface area contributed by atoms with E-state index >= 15 is 4.39 Å². The van der Waals surface area contributed by atoms with Crippen molar-refractivity contribution in [3.63, 3.8) is 0 Å². The molecular weight excluding hydrogens is 460 g/mol. The summed E-state index contributed by atoms with van der Waals surface area (Å²) in [5.74, 6) is -3.80. The summed E-state index contributed by atoms with van der Waals surface area (Å²) in [6.07, 6.45) is -4.40. The van der Waals surface area contributed by atoms with Crippen molar-refractivity contribution >= 4 is 40.5 Å². The summed E-state index contributed by atoms with van der Waals surface area (Å²) in [5, 5.41) is 10.1. The van der Waals surface area contributed by atoms with Crippen molar-refractivity contribution in [2.75, 3.05) is 16.8 Å². The molecule has 1 saturated heterocycles. The molecule has 2 aromatic carbocycles. The molecule has 0 atom stereocenters. The molecular formula is C22H16F4N4O2S. The van der Waals surface area contributed by atoms with E-state index in [0.717, 1.165) is 17.0 Å². The lowest BCUT2D eigenvalue weighted by molar-refractivity contribution is -0.137. The van der Waals surface area contributed by atoms with Gasteiger partial charge in [0.2, 0.25) is 0 Å². The first kappa shape index (κ1) is 17.0. The van der Waals surface area contributed by atoms with Gasteiger partial charge in [0.05, 0.1) is 31.2 Å². The van der Waals surface area contributed by atoms with Gasteiger partial charge in [0.25, 0.3) is 11.8 Å². The Morgan fingerprint density at radius 3 is 2.67 bits per heavy atom. The van der Waals surface area contributed by atoms with E-state index in [9.17, 15) is 22.8 Å². The number of nitriles is 1. The Labute approximate surface area is 198 Å². The summed E-state index contributed by atoms with van der Waals surface area (Å²) < 4.78 is 94.9.